The Morgan fingerprint density at radius 1 is 1.13 bits per heavy atom. The van der Waals surface area contributed by atoms with Gasteiger partial charge in [-0.2, -0.15) is 0 Å². The highest BCUT2D eigenvalue weighted by Crippen LogP contribution is 2.21. The van der Waals surface area contributed by atoms with Gasteiger partial charge in [0.25, 0.3) is 11.6 Å². The van der Waals surface area contributed by atoms with E-state index in [1.807, 2.05) is 24.8 Å². The van der Waals surface area contributed by atoms with Crippen LogP contribution in [0, 0.1) is 10.1 Å². The van der Waals surface area contributed by atoms with Gasteiger partial charge in [0.15, 0.2) is 5.11 Å². The first-order valence-corrected chi connectivity index (χ1v) is 10.1. The van der Waals surface area contributed by atoms with Gasteiger partial charge in [0.2, 0.25) is 0 Å². The van der Waals surface area contributed by atoms with Gasteiger partial charge in [0.1, 0.15) is 5.75 Å². The number of piperazine rings is 1. The number of carbonyl (C=O) groups excluding carboxylic acids is 1. The molecule has 8 nitrogen and oxygen atoms in total. The number of rotatable bonds is 5. The van der Waals surface area contributed by atoms with E-state index in [-0.39, 0.29) is 17.7 Å². The van der Waals surface area contributed by atoms with E-state index in [1.54, 1.807) is 30.3 Å². The minimum atomic E-state index is -0.409. The number of anilines is 1. The molecule has 1 N–H and O–H groups in total. The number of non-ortho nitro benzene ring substituents is 1. The third-order valence-electron chi connectivity index (χ3n) is 4.68. The summed E-state index contributed by atoms with van der Waals surface area (Å²) < 4.78 is 5.63. The lowest BCUT2D eigenvalue weighted by molar-refractivity contribution is -0.384. The predicted octanol–water partition coefficient (Wildman–Crippen LogP) is 3.22. The first kappa shape index (κ1) is 21.5. The number of nitrogens with one attached hydrogen (secondary N) is 1. The van der Waals surface area contributed by atoms with Crippen molar-refractivity contribution in [3.8, 4) is 5.75 Å². The van der Waals surface area contributed by atoms with Gasteiger partial charge in [-0.05, 0) is 56.4 Å². The molecule has 0 unspecified atom stereocenters. The molecule has 2 aromatic rings. The second-order valence-electron chi connectivity index (χ2n) is 7.20. The first-order chi connectivity index (χ1) is 14.3. The maximum absolute atomic E-state index is 12.6. The molecule has 0 radical (unpaired) electrons. The van der Waals surface area contributed by atoms with Gasteiger partial charge in [-0.15, -0.1) is 0 Å². The molecule has 1 aliphatic rings. The SMILES string of the molecule is CC(C)Oc1cccc(C(=O)NC(=S)N2CCN(c3ccc([N+](=O)[O-])cc3)CC2)c1. The van der Waals surface area contributed by atoms with E-state index >= 15 is 0 Å². The molecule has 0 spiro atoms. The number of thiocarbonyl (C=S) groups is 1. The Balaban J connectivity index is 1.54. The largest absolute Gasteiger partial charge is 0.491 e. The van der Waals surface area contributed by atoms with E-state index < -0.39 is 4.92 Å². The van der Waals surface area contributed by atoms with Crippen molar-refractivity contribution in [1.82, 2.24) is 10.2 Å². The highest BCUT2D eigenvalue weighted by molar-refractivity contribution is 7.80. The number of carbonyl (C=O) groups is 1. The number of ether oxygens (including phenoxy) is 1. The van der Waals surface area contributed by atoms with Crippen LogP contribution < -0.4 is 15.0 Å². The number of nitrogens with zero attached hydrogens (tertiary/aromatic N) is 3. The summed E-state index contributed by atoms with van der Waals surface area (Å²) in [5, 5.41) is 14.0. The maximum Gasteiger partial charge on any atom is 0.269 e. The molecule has 1 saturated heterocycles. The van der Waals surface area contributed by atoms with E-state index in [2.05, 4.69) is 10.2 Å². The average Bonchev–Trinajstić information content (AvgIpc) is 2.73. The minimum absolute atomic E-state index is 0.0245. The monoisotopic (exact) mass is 428 g/mol. The predicted molar refractivity (Wildman–Crippen MR) is 119 cm³/mol. The number of nitro benzene ring substituents is 1. The van der Waals surface area contributed by atoms with Crippen molar-refractivity contribution in [2.75, 3.05) is 31.1 Å². The van der Waals surface area contributed by atoms with E-state index in [9.17, 15) is 14.9 Å². The topological polar surface area (TPSA) is 88.0 Å². The lowest BCUT2D eigenvalue weighted by Crippen LogP contribution is -2.52. The Kier molecular flexibility index (Phi) is 6.83. The van der Waals surface area contributed by atoms with Crippen LogP contribution in [-0.4, -0.2) is 53.1 Å². The van der Waals surface area contributed by atoms with Crippen LogP contribution in [0.4, 0.5) is 11.4 Å². The van der Waals surface area contributed by atoms with Gasteiger partial charge < -0.3 is 14.5 Å². The summed E-state index contributed by atoms with van der Waals surface area (Å²) in [6.07, 6.45) is 0.0245. The molecule has 1 fully saturated rings. The molecule has 1 heterocycles. The van der Waals surface area contributed by atoms with Gasteiger partial charge >= 0.3 is 0 Å². The molecule has 0 aromatic heterocycles. The molecule has 9 heteroatoms. The van der Waals surface area contributed by atoms with E-state index in [1.165, 1.54) is 12.1 Å². The van der Waals surface area contributed by atoms with Crippen molar-refractivity contribution in [3.63, 3.8) is 0 Å². The molecule has 2 aromatic carbocycles. The second kappa shape index (κ2) is 9.53. The van der Waals surface area contributed by atoms with E-state index in [0.29, 0.717) is 42.6 Å². The van der Waals surface area contributed by atoms with Crippen molar-refractivity contribution in [2.24, 2.45) is 0 Å². The highest BCUT2D eigenvalue weighted by Gasteiger charge is 2.21. The van der Waals surface area contributed by atoms with Crippen LogP contribution in [0.1, 0.15) is 24.2 Å². The van der Waals surface area contributed by atoms with Gasteiger partial charge in [-0.3, -0.25) is 20.2 Å². The lowest BCUT2D eigenvalue weighted by atomic mass is 10.2. The fourth-order valence-electron chi connectivity index (χ4n) is 3.18. The van der Waals surface area contributed by atoms with Crippen molar-refractivity contribution >= 4 is 34.6 Å². The fourth-order valence-corrected chi connectivity index (χ4v) is 3.46. The summed E-state index contributed by atoms with van der Waals surface area (Å²) in [5.74, 6) is 0.368. The Hall–Kier alpha value is -3.20. The van der Waals surface area contributed by atoms with E-state index in [4.69, 9.17) is 17.0 Å². The van der Waals surface area contributed by atoms with Gasteiger partial charge in [0, 0.05) is 49.6 Å². The quantitative estimate of drug-likeness (QED) is 0.444. The summed E-state index contributed by atoms with van der Waals surface area (Å²) >= 11 is 5.42. The average molecular weight is 429 g/mol. The second-order valence-corrected chi connectivity index (χ2v) is 7.59. The number of hydrogen-bond acceptors (Lipinski definition) is 6. The molecule has 158 valence electrons. The summed E-state index contributed by atoms with van der Waals surface area (Å²) in [5.41, 5.74) is 1.49. The zero-order valence-electron chi connectivity index (χ0n) is 16.9. The molecular formula is C21H24N4O4S. The number of hydrogen-bond donors (Lipinski definition) is 1. The van der Waals surface area contributed by atoms with Gasteiger partial charge in [0.05, 0.1) is 11.0 Å². The van der Waals surface area contributed by atoms with Gasteiger partial charge in [-0.25, -0.2) is 0 Å². The lowest BCUT2D eigenvalue weighted by Gasteiger charge is -2.37. The summed E-state index contributed by atoms with van der Waals surface area (Å²) in [7, 11) is 0. The molecule has 0 saturated carbocycles. The number of amides is 1. The normalized spacial score (nSPS) is 13.8. The fraction of sp³-hybridized carbons (Fsp3) is 0.333. The summed E-state index contributed by atoms with van der Waals surface area (Å²) in [4.78, 5) is 27.0. The van der Waals surface area contributed by atoms with Gasteiger partial charge in [-0.1, -0.05) is 6.07 Å². The molecule has 0 aliphatic carbocycles. The van der Waals surface area contributed by atoms with E-state index in [0.717, 1.165) is 5.69 Å². The van der Waals surface area contributed by atoms with Crippen LogP contribution in [0.5, 0.6) is 5.75 Å². The zero-order chi connectivity index (χ0) is 21.7. The zero-order valence-corrected chi connectivity index (χ0v) is 17.7. The molecule has 0 bridgehead atoms. The first-order valence-electron chi connectivity index (χ1n) is 9.70. The number of nitro groups is 1. The third kappa shape index (κ3) is 5.44. The molecule has 3 rings (SSSR count). The molecule has 1 aliphatic heterocycles. The van der Waals surface area contributed by atoms with Crippen molar-refractivity contribution < 1.29 is 14.5 Å². The summed E-state index contributed by atoms with van der Waals surface area (Å²) in [6.45, 7) is 6.55. The summed E-state index contributed by atoms with van der Waals surface area (Å²) in [6, 6.07) is 13.5. The van der Waals surface area contributed by atoms with Crippen LogP contribution in [0.2, 0.25) is 0 Å². The van der Waals surface area contributed by atoms with Crippen molar-refractivity contribution in [2.45, 2.75) is 20.0 Å². The highest BCUT2D eigenvalue weighted by atomic mass is 32.1. The van der Waals surface area contributed by atoms with Crippen molar-refractivity contribution in [3.05, 3.63) is 64.2 Å². The van der Waals surface area contributed by atoms with Crippen LogP contribution in [0.3, 0.4) is 0 Å². The maximum atomic E-state index is 12.6. The molecular weight excluding hydrogens is 404 g/mol. The Morgan fingerprint density at radius 3 is 2.40 bits per heavy atom. The molecule has 30 heavy (non-hydrogen) atoms. The Morgan fingerprint density at radius 2 is 1.80 bits per heavy atom. The Bertz CT molecular complexity index is 925. The van der Waals surface area contributed by atoms with Crippen LogP contribution >= 0.6 is 12.2 Å². The smallest absolute Gasteiger partial charge is 0.269 e. The van der Waals surface area contributed by atoms with Crippen LogP contribution in [0.25, 0.3) is 0 Å². The van der Waals surface area contributed by atoms with Crippen LogP contribution in [0.15, 0.2) is 48.5 Å². The minimum Gasteiger partial charge on any atom is -0.491 e. The molecule has 1 amide bonds. The molecule has 0 atom stereocenters. The number of benzene rings is 2. The Labute approximate surface area is 180 Å². The standard InChI is InChI=1S/C21H24N4O4S/c1-15(2)29-19-5-3-4-16(14-19)20(26)22-21(30)24-12-10-23(11-13-24)17-6-8-18(9-7-17)25(27)28/h3-9,14-15H,10-13H2,1-2H3,(H,22,26,30). The van der Waals surface area contributed by atoms with Crippen LogP contribution in [-0.2, 0) is 0 Å². The van der Waals surface area contributed by atoms with Crippen molar-refractivity contribution in [1.29, 1.82) is 0 Å². The third-order valence-corrected chi connectivity index (χ3v) is 5.04.